The van der Waals surface area contributed by atoms with Crippen LogP contribution in [0, 0.1) is 11.6 Å². The number of carbonyl (C=O) groups excluding carboxylic acids is 1. The first-order valence-corrected chi connectivity index (χ1v) is 10.9. The lowest BCUT2D eigenvalue weighted by atomic mass is 10.1. The Hall–Kier alpha value is -2.67. The minimum Gasteiger partial charge on any atom is -0.367 e. The molecule has 168 valence electrons. The molecule has 2 amide bonds. The summed E-state index contributed by atoms with van der Waals surface area (Å²) in [5.74, 6) is -0.575. The van der Waals surface area contributed by atoms with Crippen molar-refractivity contribution in [1.82, 2.24) is 15.1 Å². The first kappa shape index (κ1) is 23.0. The molecule has 0 saturated carbocycles. The summed E-state index contributed by atoms with van der Waals surface area (Å²) in [6.45, 7) is 9.56. The van der Waals surface area contributed by atoms with Gasteiger partial charge in [-0.2, -0.15) is 0 Å². The molecular weight excluding hydrogens is 398 g/mol. The zero-order valence-electron chi connectivity index (χ0n) is 18.7. The van der Waals surface area contributed by atoms with Gasteiger partial charge >= 0.3 is 6.03 Å². The van der Waals surface area contributed by atoms with Crippen molar-refractivity contribution in [2.24, 2.45) is 0 Å². The highest BCUT2D eigenvalue weighted by atomic mass is 19.1. The molecule has 7 heteroatoms. The molecule has 0 radical (unpaired) electrons. The predicted octanol–water partition coefficient (Wildman–Crippen LogP) is 4.57. The van der Waals surface area contributed by atoms with Crippen molar-refractivity contribution in [3.05, 3.63) is 65.2 Å². The lowest BCUT2D eigenvalue weighted by Crippen LogP contribution is -2.44. The smallest absolute Gasteiger partial charge is 0.318 e. The number of likely N-dealkylation sites (N-methyl/N-ethyl adjacent to an activating group) is 1. The Morgan fingerprint density at radius 1 is 1.03 bits per heavy atom. The van der Waals surface area contributed by atoms with Gasteiger partial charge in [0.2, 0.25) is 0 Å². The molecule has 0 unspecified atom stereocenters. The average Bonchev–Trinajstić information content (AvgIpc) is 2.75. The largest absolute Gasteiger partial charge is 0.367 e. The molecule has 0 aliphatic carbocycles. The van der Waals surface area contributed by atoms with E-state index in [0.29, 0.717) is 17.8 Å². The summed E-state index contributed by atoms with van der Waals surface area (Å²) >= 11 is 0. The van der Waals surface area contributed by atoms with E-state index in [1.165, 1.54) is 18.2 Å². The van der Waals surface area contributed by atoms with E-state index in [4.69, 9.17) is 0 Å². The van der Waals surface area contributed by atoms with Crippen LogP contribution in [0.1, 0.15) is 44.0 Å². The summed E-state index contributed by atoms with van der Waals surface area (Å²) < 4.78 is 28.0. The molecule has 1 fully saturated rings. The van der Waals surface area contributed by atoms with Gasteiger partial charge in [0.1, 0.15) is 11.6 Å². The maximum Gasteiger partial charge on any atom is 0.318 e. The minimum atomic E-state index is -0.349. The number of hydrogen-bond acceptors (Lipinski definition) is 3. The molecule has 0 aromatic heterocycles. The van der Waals surface area contributed by atoms with Crippen LogP contribution in [0.2, 0.25) is 0 Å². The Morgan fingerprint density at radius 3 is 2.23 bits per heavy atom. The van der Waals surface area contributed by atoms with E-state index >= 15 is 0 Å². The highest BCUT2D eigenvalue weighted by molar-refractivity contribution is 5.75. The monoisotopic (exact) mass is 430 g/mol. The first-order chi connectivity index (χ1) is 14.8. The molecule has 1 N–H and O–H groups in total. The summed E-state index contributed by atoms with van der Waals surface area (Å²) in [7, 11) is 2.07. The standard InChI is InChI=1S/C24H32F2N4O/c1-5-30(18(3)19-6-9-21(25)10-7-19)24(31)27-17(2)20-8-11-23(22(26)16-20)29-14-12-28(4)13-15-29/h6-11,16-18H,5,12-15H2,1-4H3,(H,27,31)/t17-,18-/m1/s1. The lowest BCUT2D eigenvalue weighted by molar-refractivity contribution is 0.179. The Labute approximate surface area is 183 Å². The van der Waals surface area contributed by atoms with Crippen molar-refractivity contribution in [2.45, 2.75) is 32.9 Å². The Balaban J connectivity index is 1.66. The molecule has 31 heavy (non-hydrogen) atoms. The zero-order valence-corrected chi connectivity index (χ0v) is 18.7. The second-order valence-electron chi connectivity index (χ2n) is 8.19. The van der Waals surface area contributed by atoms with Gasteiger partial charge in [-0.25, -0.2) is 13.6 Å². The van der Waals surface area contributed by atoms with Gasteiger partial charge in [0.25, 0.3) is 0 Å². The number of amides is 2. The fraction of sp³-hybridized carbons (Fsp3) is 0.458. The maximum atomic E-state index is 14.8. The molecule has 1 saturated heterocycles. The number of carbonyl (C=O) groups is 1. The van der Waals surface area contributed by atoms with E-state index in [9.17, 15) is 13.6 Å². The van der Waals surface area contributed by atoms with E-state index in [-0.39, 0.29) is 29.7 Å². The number of urea groups is 1. The quantitative estimate of drug-likeness (QED) is 0.730. The van der Waals surface area contributed by atoms with Gasteiger partial charge in [-0.05, 0) is 63.2 Å². The maximum absolute atomic E-state index is 14.8. The minimum absolute atomic E-state index is 0.214. The van der Waals surface area contributed by atoms with Crippen molar-refractivity contribution in [3.8, 4) is 0 Å². The Kier molecular flexibility index (Phi) is 7.49. The van der Waals surface area contributed by atoms with Crippen LogP contribution in [0.15, 0.2) is 42.5 Å². The van der Waals surface area contributed by atoms with Crippen molar-refractivity contribution >= 4 is 11.7 Å². The Bertz CT molecular complexity index is 882. The third kappa shape index (κ3) is 5.53. The topological polar surface area (TPSA) is 38.8 Å². The molecule has 2 aromatic rings. The van der Waals surface area contributed by atoms with Crippen LogP contribution in [0.4, 0.5) is 19.3 Å². The fourth-order valence-electron chi connectivity index (χ4n) is 3.96. The molecule has 1 heterocycles. The second-order valence-corrected chi connectivity index (χ2v) is 8.19. The number of nitrogens with one attached hydrogen (secondary N) is 1. The molecule has 2 atom stereocenters. The lowest BCUT2D eigenvalue weighted by Gasteiger charge is -2.34. The molecule has 0 bridgehead atoms. The molecule has 3 rings (SSSR count). The van der Waals surface area contributed by atoms with Crippen LogP contribution in [0.5, 0.6) is 0 Å². The van der Waals surface area contributed by atoms with Gasteiger partial charge in [0.15, 0.2) is 0 Å². The predicted molar refractivity (Wildman–Crippen MR) is 120 cm³/mol. The van der Waals surface area contributed by atoms with Gasteiger partial charge in [-0.1, -0.05) is 18.2 Å². The highest BCUT2D eigenvalue weighted by Crippen LogP contribution is 2.26. The van der Waals surface area contributed by atoms with Crippen molar-refractivity contribution in [1.29, 1.82) is 0 Å². The molecule has 0 spiro atoms. The SMILES string of the molecule is CCN(C(=O)N[C@H](C)c1ccc(N2CCN(C)CC2)c(F)c1)[C@H](C)c1ccc(F)cc1. The van der Waals surface area contributed by atoms with Crippen LogP contribution < -0.4 is 10.2 Å². The molecule has 1 aliphatic rings. The van der Waals surface area contributed by atoms with E-state index in [0.717, 1.165) is 31.7 Å². The van der Waals surface area contributed by atoms with E-state index in [1.807, 2.05) is 26.8 Å². The van der Waals surface area contributed by atoms with Crippen LogP contribution in [-0.4, -0.2) is 55.6 Å². The number of piperazine rings is 1. The van der Waals surface area contributed by atoms with Crippen LogP contribution in [0.3, 0.4) is 0 Å². The fourth-order valence-corrected chi connectivity index (χ4v) is 3.96. The number of nitrogens with zero attached hydrogens (tertiary/aromatic N) is 3. The first-order valence-electron chi connectivity index (χ1n) is 10.9. The van der Waals surface area contributed by atoms with Crippen molar-refractivity contribution in [3.63, 3.8) is 0 Å². The van der Waals surface area contributed by atoms with Gasteiger partial charge < -0.3 is 20.0 Å². The third-order valence-corrected chi connectivity index (χ3v) is 6.08. The second kappa shape index (κ2) is 10.1. The Morgan fingerprint density at radius 2 is 1.65 bits per heavy atom. The molecular formula is C24H32F2N4O. The van der Waals surface area contributed by atoms with Gasteiger partial charge in [-0.3, -0.25) is 0 Å². The third-order valence-electron chi connectivity index (χ3n) is 6.08. The van der Waals surface area contributed by atoms with Crippen molar-refractivity contribution in [2.75, 3.05) is 44.7 Å². The summed E-state index contributed by atoms with van der Waals surface area (Å²) in [6, 6.07) is 10.5. The molecule has 2 aromatic carbocycles. The number of anilines is 1. The average molecular weight is 431 g/mol. The number of benzene rings is 2. The normalized spacial score (nSPS) is 16.6. The molecule has 1 aliphatic heterocycles. The van der Waals surface area contributed by atoms with Crippen LogP contribution in [0.25, 0.3) is 0 Å². The van der Waals surface area contributed by atoms with E-state index < -0.39 is 0 Å². The van der Waals surface area contributed by atoms with E-state index in [2.05, 4.69) is 22.2 Å². The number of hydrogen-bond donors (Lipinski definition) is 1. The summed E-state index contributed by atoms with van der Waals surface area (Å²) in [6.07, 6.45) is 0. The van der Waals surface area contributed by atoms with Crippen molar-refractivity contribution < 1.29 is 13.6 Å². The van der Waals surface area contributed by atoms with Crippen LogP contribution in [-0.2, 0) is 0 Å². The molecule has 5 nitrogen and oxygen atoms in total. The summed E-state index contributed by atoms with van der Waals surface area (Å²) in [5, 5.41) is 2.97. The number of halogens is 2. The van der Waals surface area contributed by atoms with Gasteiger partial charge in [0, 0.05) is 32.7 Å². The summed E-state index contributed by atoms with van der Waals surface area (Å²) in [5.41, 5.74) is 2.18. The van der Waals surface area contributed by atoms with Gasteiger partial charge in [-0.15, -0.1) is 0 Å². The zero-order chi connectivity index (χ0) is 22.5. The van der Waals surface area contributed by atoms with Crippen LogP contribution >= 0.6 is 0 Å². The van der Waals surface area contributed by atoms with E-state index in [1.54, 1.807) is 23.1 Å². The summed E-state index contributed by atoms with van der Waals surface area (Å²) in [4.78, 5) is 18.9. The van der Waals surface area contributed by atoms with Gasteiger partial charge in [0.05, 0.1) is 17.8 Å². The highest BCUT2D eigenvalue weighted by Gasteiger charge is 2.23. The number of rotatable bonds is 6.